The van der Waals surface area contributed by atoms with Gasteiger partial charge in [0.2, 0.25) is 5.91 Å². The van der Waals surface area contributed by atoms with Gasteiger partial charge in [-0.2, -0.15) is 5.10 Å². The molecule has 1 saturated carbocycles. The molecule has 0 unspecified atom stereocenters. The molecule has 2 aromatic heterocycles. The standard InChI is InChI=1S/C22H33N5O/c1-5-27-19-10-11-25(20(28)9-6-15(2)3)14-18(19)21(24-27)22-23-12-16(4)26(22)13-17-7-8-17/h12,15,17H,5-11,13-14H2,1-4H3. The van der Waals surface area contributed by atoms with Crippen LogP contribution in [0.1, 0.15) is 63.4 Å². The van der Waals surface area contributed by atoms with Crippen molar-refractivity contribution in [1.82, 2.24) is 24.2 Å². The topological polar surface area (TPSA) is 56.0 Å². The molecule has 2 aliphatic rings. The minimum absolute atomic E-state index is 0.270. The van der Waals surface area contributed by atoms with E-state index in [0.717, 1.165) is 49.9 Å². The predicted octanol–water partition coefficient (Wildman–Crippen LogP) is 3.81. The van der Waals surface area contributed by atoms with Crippen LogP contribution in [0.2, 0.25) is 0 Å². The molecule has 28 heavy (non-hydrogen) atoms. The second-order valence-corrected chi connectivity index (χ2v) is 8.86. The fourth-order valence-corrected chi connectivity index (χ4v) is 4.15. The number of aromatic nitrogens is 4. The summed E-state index contributed by atoms with van der Waals surface area (Å²) in [6, 6.07) is 0. The van der Waals surface area contributed by atoms with Crippen LogP contribution in [0.4, 0.5) is 0 Å². The van der Waals surface area contributed by atoms with Crippen molar-refractivity contribution >= 4 is 5.91 Å². The highest BCUT2D eigenvalue weighted by molar-refractivity contribution is 5.77. The van der Waals surface area contributed by atoms with Gasteiger partial charge in [-0.25, -0.2) is 4.98 Å². The van der Waals surface area contributed by atoms with Gasteiger partial charge >= 0.3 is 0 Å². The lowest BCUT2D eigenvalue weighted by Crippen LogP contribution is -2.36. The molecule has 0 N–H and O–H groups in total. The first-order valence-corrected chi connectivity index (χ1v) is 10.9. The number of amides is 1. The monoisotopic (exact) mass is 383 g/mol. The summed E-state index contributed by atoms with van der Waals surface area (Å²) < 4.78 is 4.45. The predicted molar refractivity (Wildman–Crippen MR) is 110 cm³/mol. The van der Waals surface area contributed by atoms with E-state index in [1.165, 1.54) is 29.8 Å². The van der Waals surface area contributed by atoms with E-state index in [2.05, 4.69) is 36.9 Å². The van der Waals surface area contributed by atoms with Gasteiger partial charge in [0.25, 0.3) is 0 Å². The molecule has 4 rings (SSSR count). The fourth-order valence-electron chi connectivity index (χ4n) is 4.15. The second kappa shape index (κ2) is 7.72. The smallest absolute Gasteiger partial charge is 0.222 e. The normalized spacial score (nSPS) is 16.7. The molecule has 6 nitrogen and oxygen atoms in total. The highest BCUT2D eigenvalue weighted by Crippen LogP contribution is 2.35. The third-order valence-corrected chi connectivity index (χ3v) is 6.13. The summed E-state index contributed by atoms with van der Waals surface area (Å²) in [6.45, 7) is 12.0. The number of carbonyl (C=O) groups is 1. The Hall–Kier alpha value is -2.11. The number of hydrogen-bond donors (Lipinski definition) is 0. The zero-order valence-electron chi connectivity index (χ0n) is 17.7. The Bertz CT molecular complexity index is 859. The van der Waals surface area contributed by atoms with Gasteiger partial charge < -0.3 is 9.47 Å². The minimum Gasteiger partial charge on any atom is -0.338 e. The van der Waals surface area contributed by atoms with Gasteiger partial charge in [0.1, 0.15) is 5.69 Å². The van der Waals surface area contributed by atoms with Crippen molar-refractivity contribution in [3.8, 4) is 11.5 Å². The van der Waals surface area contributed by atoms with Crippen molar-refractivity contribution in [2.45, 2.75) is 79.4 Å². The number of rotatable bonds is 7. The highest BCUT2D eigenvalue weighted by Gasteiger charge is 2.30. The van der Waals surface area contributed by atoms with E-state index < -0.39 is 0 Å². The van der Waals surface area contributed by atoms with E-state index in [4.69, 9.17) is 10.1 Å². The molecule has 0 atom stereocenters. The number of aryl methyl sites for hydroxylation is 2. The van der Waals surface area contributed by atoms with Crippen molar-refractivity contribution in [2.75, 3.05) is 6.54 Å². The highest BCUT2D eigenvalue weighted by atomic mass is 16.2. The lowest BCUT2D eigenvalue weighted by Gasteiger charge is -2.28. The molecule has 152 valence electrons. The van der Waals surface area contributed by atoms with Gasteiger partial charge in [0.15, 0.2) is 5.82 Å². The van der Waals surface area contributed by atoms with Crippen LogP contribution in [-0.4, -0.2) is 36.7 Å². The molecule has 2 aromatic rings. The Morgan fingerprint density at radius 2 is 2.11 bits per heavy atom. The van der Waals surface area contributed by atoms with Crippen molar-refractivity contribution < 1.29 is 4.79 Å². The zero-order valence-corrected chi connectivity index (χ0v) is 17.7. The Morgan fingerprint density at radius 3 is 2.79 bits per heavy atom. The molecule has 0 bridgehead atoms. The summed E-state index contributed by atoms with van der Waals surface area (Å²) in [6.07, 6.45) is 7.07. The van der Waals surface area contributed by atoms with Gasteiger partial charge in [-0.15, -0.1) is 0 Å². The molecule has 1 aliphatic carbocycles. The van der Waals surface area contributed by atoms with Gasteiger partial charge in [-0.05, 0) is 44.9 Å². The average Bonchev–Trinajstić information content (AvgIpc) is 3.33. The second-order valence-electron chi connectivity index (χ2n) is 8.86. The van der Waals surface area contributed by atoms with Gasteiger partial charge in [-0.3, -0.25) is 9.48 Å². The number of imidazole rings is 1. The van der Waals surface area contributed by atoms with E-state index in [1.807, 2.05) is 11.1 Å². The largest absolute Gasteiger partial charge is 0.338 e. The summed E-state index contributed by atoms with van der Waals surface area (Å²) in [4.78, 5) is 19.5. The summed E-state index contributed by atoms with van der Waals surface area (Å²) >= 11 is 0. The number of hydrogen-bond acceptors (Lipinski definition) is 3. The third-order valence-electron chi connectivity index (χ3n) is 6.13. The summed E-state index contributed by atoms with van der Waals surface area (Å²) in [5.41, 5.74) is 4.66. The lowest BCUT2D eigenvalue weighted by molar-refractivity contribution is -0.132. The minimum atomic E-state index is 0.270. The molecule has 6 heteroatoms. The first kappa shape index (κ1) is 19.2. The van der Waals surface area contributed by atoms with Crippen molar-refractivity contribution in [3.05, 3.63) is 23.1 Å². The fraction of sp³-hybridized carbons (Fsp3) is 0.682. The van der Waals surface area contributed by atoms with Crippen LogP contribution < -0.4 is 0 Å². The van der Waals surface area contributed by atoms with Crippen LogP contribution >= 0.6 is 0 Å². The molecule has 1 amide bonds. The number of fused-ring (bicyclic) bond motifs is 1. The SMILES string of the molecule is CCn1nc(-c2ncc(C)n2CC2CC2)c2c1CCN(C(=O)CCC(C)C)C2. The molecule has 0 aromatic carbocycles. The average molecular weight is 384 g/mol. The Kier molecular flexibility index (Phi) is 5.30. The van der Waals surface area contributed by atoms with Gasteiger partial charge in [0, 0.05) is 62.2 Å². The molecule has 0 radical (unpaired) electrons. The van der Waals surface area contributed by atoms with E-state index in [-0.39, 0.29) is 5.91 Å². The maximum absolute atomic E-state index is 12.7. The lowest BCUT2D eigenvalue weighted by atomic mass is 10.0. The van der Waals surface area contributed by atoms with E-state index >= 15 is 0 Å². The van der Waals surface area contributed by atoms with Crippen molar-refractivity contribution in [3.63, 3.8) is 0 Å². The quantitative estimate of drug-likeness (QED) is 0.731. The van der Waals surface area contributed by atoms with E-state index in [9.17, 15) is 4.79 Å². The number of nitrogens with zero attached hydrogens (tertiary/aromatic N) is 5. The van der Waals surface area contributed by atoms with E-state index in [1.54, 1.807) is 0 Å². The molecule has 0 spiro atoms. The number of carbonyl (C=O) groups excluding carboxylic acids is 1. The van der Waals surface area contributed by atoms with Gasteiger partial charge in [-0.1, -0.05) is 13.8 Å². The summed E-state index contributed by atoms with van der Waals surface area (Å²) in [5, 5.41) is 4.95. The molecule has 3 heterocycles. The Balaban J connectivity index is 1.64. The molecule has 0 saturated heterocycles. The third kappa shape index (κ3) is 3.74. The summed E-state index contributed by atoms with van der Waals surface area (Å²) in [5.74, 6) is 2.59. The first-order chi connectivity index (χ1) is 13.5. The van der Waals surface area contributed by atoms with Crippen LogP contribution in [0.5, 0.6) is 0 Å². The Morgan fingerprint density at radius 1 is 1.32 bits per heavy atom. The van der Waals surface area contributed by atoms with Crippen molar-refractivity contribution in [2.24, 2.45) is 11.8 Å². The van der Waals surface area contributed by atoms with Crippen molar-refractivity contribution in [1.29, 1.82) is 0 Å². The van der Waals surface area contributed by atoms with E-state index in [0.29, 0.717) is 18.9 Å². The maximum atomic E-state index is 12.7. The summed E-state index contributed by atoms with van der Waals surface area (Å²) in [7, 11) is 0. The molecule has 1 aliphatic heterocycles. The van der Waals surface area contributed by atoms with Crippen LogP contribution in [0, 0.1) is 18.8 Å². The molecular weight excluding hydrogens is 350 g/mol. The van der Waals surface area contributed by atoms with Crippen LogP contribution in [-0.2, 0) is 30.8 Å². The molecular formula is C22H33N5O. The van der Waals surface area contributed by atoms with Crippen LogP contribution in [0.25, 0.3) is 11.5 Å². The first-order valence-electron chi connectivity index (χ1n) is 10.9. The van der Waals surface area contributed by atoms with Crippen LogP contribution in [0.15, 0.2) is 6.20 Å². The zero-order chi connectivity index (χ0) is 19.8. The Labute approximate surface area is 167 Å². The van der Waals surface area contributed by atoms with Crippen LogP contribution in [0.3, 0.4) is 0 Å². The van der Waals surface area contributed by atoms with Gasteiger partial charge in [0.05, 0.1) is 0 Å². The molecule has 1 fully saturated rings. The maximum Gasteiger partial charge on any atom is 0.222 e.